The third kappa shape index (κ3) is 4.94. The molecule has 1 aliphatic rings. The van der Waals surface area contributed by atoms with Crippen molar-refractivity contribution in [2.45, 2.75) is 36.0 Å². The minimum atomic E-state index is -3.86. The molecule has 2 aromatic carbocycles. The van der Waals surface area contributed by atoms with Crippen LogP contribution in [-0.4, -0.2) is 45.1 Å². The number of carboxylic acid groups (broad SMARTS) is 1. The Morgan fingerprint density at radius 2 is 1.70 bits per heavy atom. The van der Waals surface area contributed by atoms with Crippen LogP contribution in [0.4, 0.5) is 0 Å². The third-order valence-corrected chi connectivity index (χ3v) is 7.57. The van der Waals surface area contributed by atoms with Gasteiger partial charge in [0.15, 0.2) is 0 Å². The van der Waals surface area contributed by atoms with E-state index in [1.807, 2.05) is 6.07 Å². The van der Waals surface area contributed by atoms with E-state index < -0.39 is 26.7 Å². The molecule has 1 heterocycles. The summed E-state index contributed by atoms with van der Waals surface area (Å²) in [6.07, 6.45) is 1.22. The van der Waals surface area contributed by atoms with Gasteiger partial charge in [-0.1, -0.05) is 18.2 Å². The molecule has 0 aromatic heterocycles. The second kappa shape index (κ2) is 9.49. The van der Waals surface area contributed by atoms with E-state index in [2.05, 4.69) is 5.32 Å². The first-order valence-electron chi connectivity index (χ1n) is 9.91. The fourth-order valence-electron chi connectivity index (χ4n) is 3.72. The molecule has 8 heteroatoms. The number of ether oxygens (including phenoxy) is 2. The Hall–Kier alpha value is -2.58. The maximum atomic E-state index is 13.4. The van der Waals surface area contributed by atoms with Gasteiger partial charge < -0.3 is 19.9 Å². The van der Waals surface area contributed by atoms with Gasteiger partial charge in [-0.2, -0.15) is 0 Å². The fourth-order valence-corrected chi connectivity index (χ4v) is 5.20. The van der Waals surface area contributed by atoms with Crippen molar-refractivity contribution in [3.63, 3.8) is 0 Å². The van der Waals surface area contributed by atoms with Gasteiger partial charge in [-0.25, -0.2) is 8.42 Å². The average Bonchev–Trinajstić information content (AvgIpc) is 2.77. The minimum absolute atomic E-state index is 0.0789. The zero-order valence-electron chi connectivity index (χ0n) is 16.9. The standard InChI is InChI=1S/C22H27NO6S/c1-28-17-7-9-19(10-8-17)30(26,27)20(29-18-5-3-2-4-6-18)11-12-22(21(24)25)13-15-23-16-14-22/h2-10,20,23H,11-16H2,1H3,(H,24,25). The average molecular weight is 434 g/mol. The molecular formula is C22H27NO6S. The lowest BCUT2D eigenvalue weighted by Crippen LogP contribution is -2.43. The van der Waals surface area contributed by atoms with E-state index >= 15 is 0 Å². The van der Waals surface area contributed by atoms with E-state index in [0.717, 1.165) is 0 Å². The molecule has 2 aromatic rings. The van der Waals surface area contributed by atoms with Gasteiger partial charge in [-0.05, 0) is 68.8 Å². The van der Waals surface area contributed by atoms with Crippen molar-refractivity contribution in [2.75, 3.05) is 20.2 Å². The predicted molar refractivity (Wildman–Crippen MR) is 112 cm³/mol. The van der Waals surface area contributed by atoms with E-state index in [1.165, 1.54) is 19.2 Å². The van der Waals surface area contributed by atoms with E-state index in [9.17, 15) is 18.3 Å². The minimum Gasteiger partial charge on any atom is -0.497 e. The predicted octanol–water partition coefficient (Wildman–Crippen LogP) is 3.11. The van der Waals surface area contributed by atoms with Gasteiger partial charge in [0.2, 0.25) is 15.3 Å². The van der Waals surface area contributed by atoms with Crippen LogP contribution in [0.25, 0.3) is 0 Å². The summed E-state index contributed by atoms with van der Waals surface area (Å²) in [4.78, 5) is 12.1. The van der Waals surface area contributed by atoms with Gasteiger partial charge >= 0.3 is 5.97 Å². The summed E-state index contributed by atoms with van der Waals surface area (Å²) < 4.78 is 37.7. The summed E-state index contributed by atoms with van der Waals surface area (Å²) in [6.45, 7) is 1.20. The second-order valence-corrected chi connectivity index (χ2v) is 9.54. The summed E-state index contributed by atoms with van der Waals surface area (Å²) in [5.41, 5.74) is -2.14. The number of carboxylic acids is 1. The number of methoxy groups -OCH3 is 1. The molecule has 1 unspecified atom stereocenters. The van der Waals surface area contributed by atoms with Crippen LogP contribution in [0.1, 0.15) is 25.7 Å². The lowest BCUT2D eigenvalue weighted by atomic mass is 9.75. The lowest BCUT2D eigenvalue weighted by Gasteiger charge is -2.34. The molecule has 2 N–H and O–H groups in total. The van der Waals surface area contributed by atoms with Crippen LogP contribution in [0.5, 0.6) is 11.5 Å². The number of para-hydroxylation sites is 1. The molecule has 1 aliphatic heterocycles. The Morgan fingerprint density at radius 3 is 2.27 bits per heavy atom. The Labute approximate surface area is 176 Å². The van der Waals surface area contributed by atoms with Crippen molar-refractivity contribution in [3.05, 3.63) is 54.6 Å². The first-order chi connectivity index (χ1) is 14.4. The summed E-state index contributed by atoms with van der Waals surface area (Å²) in [7, 11) is -2.35. The number of piperidine rings is 1. The smallest absolute Gasteiger partial charge is 0.309 e. The summed E-state index contributed by atoms with van der Waals surface area (Å²) in [6, 6.07) is 14.8. The van der Waals surface area contributed by atoms with Crippen LogP contribution in [-0.2, 0) is 14.6 Å². The number of aliphatic carboxylic acids is 1. The number of rotatable bonds is 9. The Balaban J connectivity index is 1.88. The monoisotopic (exact) mass is 433 g/mol. The fraction of sp³-hybridized carbons (Fsp3) is 0.409. The van der Waals surface area contributed by atoms with Crippen LogP contribution >= 0.6 is 0 Å². The molecule has 3 rings (SSSR count). The largest absolute Gasteiger partial charge is 0.497 e. The van der Waals surface area contributed by atoms with E-state index in [4.69, 9.17) is 9.47 Å². The normalized spacial score (nSPS) is 17.1. The van der Waals surface area contributed by atoms with Gasteiger partial charge in [-0.3, -0.25) is 4.79 Å². The molecule has 0 amide bonds. The second-order valence-electron chi connectivity index (χ2n) is 7.46. The number of benzene rings is 2. The molecule has 0 aliphatic carbocycles. The van der Waals surface area contributed by atoms with Crippen molar-refractivity contribution < 1.29 is 27.8 Å². The van der Waals surface area contributed by atoms with E-state index in [1.54, 1.807) is 36.4 Å². The highest BCUT2D eigenvalue weighted by molar-refractivity contribution is 7.92. The molecule has 0 saturated carbocycles. The molecule has 1 atom stereocenters. The van der Waals surface area contributed by atoms with Crippen molar-refractivity contribution >= 4 is 15.8 Å². The van der Waals surface area contributed by atoms with Crippen LogP contribution in [0.15, 0.2) is 59.5 Å². The molecule has 0 bridgehead atoms. The van der Waals surface area contributed by atoms with Crippen molar-refractivity contribution in [2.24, 2.45) is 5.41 Å². The zero-order valence-corrected chi connectivity index (χ0v) is 17.7. The summed E-state index contributed by atoms with van der Waals surface area (Å²) in [5, 5.41) is 13.0. The maximum Gasteiger partial charge on any atom is 0.309 e. The Bertz CT molecular complexity index is 937. The van der Waals surface area contributed by atoms with Crippen LogP contribution in [0.3, 0.4) is 0 Å². The highest BCUT2D eigenvalue weighted by Crippen LogP contribution is 2.37. The van der Waals surface area contributed by atoms with Crippen LogP contribution in [0, 0.1) is 5.41 Å². The van der Waals surface area contributed by atoms with E-state index in [0.29, 0.717) is 37.4 Å². The summed E-state index contributed by atoms with van der Waals surface area (Å²) >= 11 is 0. The molecule has 1 saturated heterocycles. The lowest BCUT2D eigenvalue weighted by molar-refractivity contribution is -0.151. The highest BCUT2D eigenvalue weighted by Gasteiger charge is 2.41. The van der Waals surface area contributed by atoms with Gasteiger partial charge in [0.1, 0.15) is 11.5 Å². The number of hydrogen-bond acceptors (Lipinski definition) is 6. The van der Waals surface area contributed by atoms with Crippen LogP contribution < -0.4 is 14.8 Å². The molecule has 7 nitrogen and oxygen atoms in total. The number of hydrogen-bond donors (Lipinski definition) is 2. The SMILES string of the molecule is COc1ccc(S(=O)(=O)C(CCC2(C(=O)O)CCNCC2)Oc2ccccc2)cc1. The van der Waals surface area contributed by atoms with Crippen molar-refractivity contribution in [1.82, 2.24) is 5.32 Å². The molecule has 0 radical (unpaired) electrons. The maximum absolute atomic E-state index is 13.4. The number of nitrogens with one attached hydrogen (secondary N) is 1. The zero-order chi connectivity index (χ0) is 21.6. The quantitative estimate of drug-likeness (QED) is 0.626. The van der Waals surface area contributed by atoms with E-state index in [-0.39, 0.29) is 17.7 Å². The first kappa shape index (κ1) is 22.1. The highest BCUT2D eigenvalue weighted by atomic mass is 32.2. The van der Waals surface area contributed by atoms with Crippen molar-refractivity contribution in [1.29, 1.82) is 0 Å². The van der Waals surface area contributed by atoms with Gasteiger partial charge in [0.05, 0.1) is 17.4 Å². The molecule has 1 fully saturated rings. The summed E-state index contributed by atoms with van der Waals surface area (Å²) in [5.74, 6) is 0.0904. The van der Waals surface area contributed by atoms with Gasteiger partial charge in [-0.15, -0.1) is 0 Å². The molecule has 0 spiro atoms. The Morgan fingerprint density at radius 1 is 1.07 bits per heavy atom. The Kier molecular flexibility index (Phi) is 6.99. The molecular weight excluding hydrogens is 406 g/mol. The topological polar surface area (TPSA) is 102 Å². The molecule has 30 heavy (non-hydrogen) atoms. The van der Waals surface area contributed by atoms with Gasteiger partial charge in [0.25, 0.3) is 0 Å². The number of sulfone groups is 1. The number of carbonyl (C=O) groups is 1. The third-order valence-electron chi connectivity index (χ3n) is 5.62. The van der Waals surface area contributed by atoms with Crippen molar-refractivity contribution in [3.8, 4) is 11.5 Å². The van der Waals surface area contributed by atoms with Gasteiger partial charge in [0, 0.05) is 6.42 Å². The molecule has 162 valence electrons. The van der Waals surface area contributed by atoms with Crippen LogP contribution in [0.2, 0.25) is 0 Å². The first-order valence-corrected chi connectivity index (χ1v) is 11.5.